The highest BCUT2D eigenvalue weighted by Crippen LogP contribution is 2.28. The van der Waals surface area contributed by atoms with Crippen LogP contribution < -0.4 is 5.73 Å². The van der Waals surface area contributed by atoms with E-state index in [1.54, 1.807) is 11.3 Å². The monoisotopic (exact) mass is 470 g/mol. The Hall–Kier alpha value is -1.95. The molecule has 0 unspecified atom stereocenters. The molecule has 0 bridgehead atoms. The van der Waals surface area contributed by atoms with Crippen molar-refractivity contribution >= 4 is 33.2 Å². The molecule has 0 atom stereocenters. The predicted molar refractivity (Wildman–Crippen MR) is 125 cm³/mol. The largest absolute Gasteiger partial charge is 0.333 e. The minimum atomic E-state index is 0.0889. The maximum atomic E-state index is 13.5. The number of benzene rings is 2. The zero-order chi connectivity index (χ0) is 20.6. The highest BCUT2D eigenvalue weighted by Gasteiger charge is 2.20. The molecule has 3 aromatic rings. The summed E-state index contributed by atoms with van der Waals surface area (Å²) in [4.78, 5) is 16.6. The number of carbonyl (C=O) groups excluding carboxylic acids is 1. The molecular formula is C24H27BrN2OS. The number of nitrogens with two attached hydrogens (primary N) is 1. The number of rotatable bonds is 9. The molecule has 0 aliphatic carbocycles. The molecule has 29 heavy (non-hydrogen) atoms. The summed E-state index contributed by atoms with van der Waals surface area (Å²) >= 11 is 5.25. The first-order valence-corrected chi connectivity index (χ1v) is 11.6. The average Bonchev–Trinajstić information content (AvgIpc) is 3.06. The average molecular weight is 471 g/mol. The number of aryl methyl sites for hydroxylation is 3. The van der Waals surface area contributed by atoms with Crippen molar-refractivity contribution in [3.63, 3.8) is 0 Å². The Balaban J connectivity index is 1.80. The van der Waals surface area contributed by atoms with Crippen LogP contribution in [0.1, 0.15) is 38.3 Å². The van der Waals surface area contributed by atoms with Crippen LogP contribution in [-0.2, 0) is 19.4 Å². The molecule has 1 heterocycles. The second-order valence-electron chi connectivity index (χ2n) is 7.17. The highest BCUT2D eigenvalue weighted by molar-refractivity contribution is 9.11. The second-order valence-corrected chi connectivity index (χ2v) is 9.68. The van der Waals surface area contributed by atoms with Crippen LogP contribution in [0.5, 0.6) is 0 Å². The Morgan fingerprint density at radius 2 is 1.79 bits per heavy atom. The number of halogens is 1. The molecular weight excluding hydrogens is 444 g/mol. The Morgan fingerprint density at radius 3 is 2.48 bits per heavy atom. The van der Waals surface area contributed by atoms with E-state index in [1.807, 2.05) is 29.2 Å². The Labute approximate surface area is 185 Å². The fraction of sp³-hybridized carbons (Fsp3) is 0.292. The van der Waals surface area contributed by atoms with E-state index < -0.39 is 0 Å². The molecule has 0 aliphatic rings. The van der Waals surface area contributed by atoms with Crippen LogP contribution in [0.2, 0.25) is 0 Å². The third-order valence-corrected chi connectivity index (χ3v) is 6.74. The smallest absolute Gasteiger partial charge is 0.254 e. The Morgan fingerprint density at radius 1 is 1.07 bits per heavy atom. The lowest BCUT2D eigenvalue weighted by Crippen LogP contribution is -2.33. The van der Waals surface area contributed by atoms with E-state index in [-0.39, 0.29) is 5.91 Å². The maximum absolute atomic E-state index is 13.5. The van der Waals surface area contributed by atoms with Crippen molar-refractivity contribution in [1.82, 2.24) is 4.90 Å². The van der Waals surface area contributed by atoms with E-state index in [9.17, 15) is 4.79 Å². The summed E-state index contributed by atoms with van der Waals surface area (Å²) in [7, 11) is 0. The van der Waals surface area contributed by atoms with Crippen molar-refractivity contribution < 1.29 is 4.79 Å². The van der Waals surface area contributed by atoms with Crippen molar-refractivity contribution in [3.05, 3.63) is 91.6 Å². The van der Waals surface area contributed by atoms with Gasteiger partial charge < -0.3 is 10.6 Å². The van der Waals surface area contributed by atoms with Gasteiger partial charge in [0.25, 0.3) is 5.91 Å². The van der Waals surface area contributed by atoms with E-state index in [1.165, 1.54) is 16.0 Å². The van der Waals surface area contributed by atoms with Gasteiger partial charge in [0.1, 0.15) is 0 Å². The summed E-state index contributed by atoms with van der Waals surface area (Å²) < 4.78 is 1.10. The van der Waals surface area contributed by atoms with Crippen molar-refractivity contribution in [1.29, 1.82) is 0 Å². The molecule has 3 rings (SSSR count). The lowest BCUT2D eigenvalue weighted by molar-refractivity contribution is 0.0742. The van der Waals surface area contributed by atoms with Crippen molar-refractivity contribution in [2.45, 2.75) is 32.7 Å². The number of hydrogen-bond donors (Lipinski definition) is 1. The summed E-state index contributed by atoms with van der Waals surface area (Å²) in [5.41, 5.74) is 10.1. The molecule has 0 radical (unpaired) electrons. The van der Waals surface area contributed by atoms with E-state index >= 15 is 0 Å². The molecule has 1 aromatic heterocycles. The summed E-state index contributed by atoms with van der Waals surface area (Å²) in [6, 6.07) is 20.5. The van der Waals surface area contributed by atoms with Gasteiger partial charge in [0.05, 0.1) is 10.3 Å². The maximum Gasteiger partial charge on any atom is 0.254 e. The molecule has 152 valence electrons. The Kier molecular flexibility index (Phi) is 8.04. The molecule has 3 nitrogen and oxygen atoms in total. The number of hydrogen-bond acceptors (Lipinski definition) is 3. The molecule has 0 spiro atoms. The van der Waals surface area contributed by atoms with Gasteiger partial charge in [-0.25, -0.2) is 0 Å². The summed E-state index contributed by atoms with van der Waals surface area (Å²) in [5, 5.41) is 0. The van der Waals surface area contributed by atoms with E-state index in [2.05, 4.69) is 59.3 Å². The molecule has 5 heteroatoms. The first-order chi connectivity index (χ1) is 14.1. The quantitative estimate of drug-likeness (QED) is 0.442. The van der Waals surface area contributed by atoms with Crippen molar-refractivity contribution in [2.24, 2.45) is 5.73 Å². The third-order valence-electron chi connectivity index (χ3n) is 5.02. The molecule has 2 aromatic carbocycles. The fourth-order valence-corrected chi connectivity index (χ4v) is 5.23. The molecule has 0 saturated carbocycles. The topological polar surface area (TPSA) is 46.3 Å². The molecule has 0 aliphatic heterocycles. The molecule has 2 N–H and O–H groups in total. The number of nitrogens with zero attached hydrogens (tertiary/aromatic N) is 1. The van der Waals surface area contributed by atoms with Gasteiger partial charge >= 0.3 is 0 Å². The van der Waals surface area contributed by atoms with Crippen LogP contribution in [0.3, 0.4) is 0 Å². The molecule has 1 amide bonds. The number of thiophene rings is 1. The minimum Gasteiger partial charge on any atom is -0.333 e. The van der Waals surface area contributed by atoms with Crippen molar-refractivity contribution in [3.8, 4) is 0 Å². The van der Waals surface area contributed by atoms with Gasteiger partial charge in [0, 0.05) is 17.0 Å². The highest BCUT2D eigenvalue weighted by atomic mass is 79.9. The number of amides is 1. The van der Waals surface area contributed by atoms with E-state index in [0.29, 0.717) is 19.6 Å². The van der Waals surface area contributed by atoms with Gasteiger partial charge in [0.2, 0.25) is 0 Å². The standard InChI is InChI=1S/C24H27BrN2OS/c1-18-16-23(25)29-22(18)17-27(15-7-14-26)24(28)21-11-6-5-10-20(21)13-12-19-8-3-2-4-9-19/h2-6,8-11,16H,7,12-15,17,26H2,1H3. The van der Waals surface area contributed by atoms with Gasteiger partial charge in [-0.15, -0.1) is 11.3 Å². The lowest BCUT2D eigenvalue weighted by Gasteiger charge is -2.24. The Bertz CT molecular complexity index is 939. The lowest BCUT2D eigenvalue weighted by atomic mass is 9.99. The zero-order valence-corrected chi connectivity index (χ0v) is 19.1. The first-order valence-electron chi connectivity index (χ1n) is 9.94. The first kappa shape index (κ1) is 21.8. The van der Waals surface area contributed by atoms with Gasteiger partial charge in [-0.1, -0.05) is 48.5 Å². The number of carbonyl (C=O) groups is 1. The normalized spacial score (nSPS) is 10.9. The second kappa shape index (κ2) is 10.7. The van der Waals surface area contributed by atoms with Crippen LogP contribution in [0.4, 0.5) is 0 Å². The van der Waals surface area contributed by atoms with E-state index in [4.69, 9.17) is 5.73 Å². The van der Waals surface area contributed by atoms with Gasteiger partial charge in [-0.3, -0.25) is 4.79 Å². The van der Waals surface area contributed by atoms with Crippen molar-refractivity contribution in [2.75, 3.05) is 13.1 Å². The molecule has 0 saturated heterocycles. The van der Waals surface area contributed by atoms with Crippen LogP contribution in [0, 0.1) is 6.92 Å². The predicted octanol–water partition coefficient (Wildman–Crippen LogP) is 5.60. The minimum absolute atomic E-state index is 0.0889. The van der Waals surface area contributed by atoms with Gasteiger partial charge in [0.15, 0.2) is 0 Å². The molecule has 0 fully saturated rings. The van der Waals surface area contributed by atoms with Crippen LogP contribution >= 0.6 is 27.3 Å². The SMILES string of the molecule is Cc1cc(Br)sc1CN(CCCN)C(=O)c1ccccc1CCc1ccccc1. The van der Waals surface area contributed by atoms with Crippen LogP contribution in [0.25, 0.3) is 0 Å². The van der Waals surface area contributed by atoms with Crippen LogP contribution in [-0.4, -0.2) is 23.9 Å². The fourth-order valence-electron chi connectivity index (χ4n) is 3.38. The summed E-state index contributed by atoms with van der Waals surface area (Å²) in [6.45, 7) is 3.95. The van der Waals surface area contributed by atoms with Gasteiger partial charge in [-0.2, -0.15) is 0 Å². The summed E-state index contributed by atoms with van der Waals surface area (Å²) in [5.74, 6) is 0.0889. The third kappa shape index (κ3) is 6.01. The van der Waals surface area contributed by atoms with Crippen LogP contribution in [0.15, 0.2) is 64.5 Å². The summed E-state index contributed by atoms with van der Waals surface area (Å²) in [6.07, 6.45) is 2.56. The zero-order valence-electron chi connectivity index (χ0n) is 16.7. The van der Waals surface area contributed by atoms with Gasteiger partial charge in [-0.05, 0) is 77.5 Å². The van der Waals surface area contributed by atoms with E-state index in [0.717, 1.165) is 34.2 Å².